The molecule has 402 valence electrons. The lowest BCUT2D eigenvalue weighted by Crippen LogP contribution is -2.15. The predicted molar refractivity (Wildman–Crippen MR) is 358 cm³/mol. The molecule has 18 rings (SSSR count). The first-order valence-corrected chi connectivity index (χ1v) is 29.2. The zero-order valence-electron chi connectivity index (χ0n) is 46.6. The van der Waals surface area contributed by atoms with Crippen molar-refractivity contribution in [2.24, 2.45) is 0 Å². The Morgan fingerprint density at radius 1 is 0.276 bits per heavy atom. The summed E-state index contributed by atoms with van der Waals surface area (Å²) < 4.78 is 16.1. The summed E-state index contributed by atoms with van der Waals surface area (Å²) in [6, 6.07) is 101. The third-order valence-electron chi connectivity index (χ3n) is 18.0. The van der Waals surface area contributed by atoms with Crippen LogP contribution in [0.15, 0.2) is 283 Å². The lowest BCUT2D eigenvalue weighted by molar-refractivity contribution is 0.669. The molecule has 0 aliphatic heterocycles. The molecular formula is C80H46N6O. The zero-order chi connectivity index (χ0) is 57.4. The molecule has 0 bridgehead atoms. The topological polar surface area (TPSA) is 61.0 Å². The van der Waals surface area contributed by atoms with Gasteiger partial charge in [0.05, 0.1) is 85.1 Å². The minimum atomic E-state index is 0.218. The number of hydrogen-bond acceptors (Lipinski definition) is 2. The Bertz CT molecular complexity index is 6020. The lowest BCUT2D eigenvalue weighted by atomic mass is 10.0. The molecule has 0 unspecified atom stereocenters. The number of nitrogens with zero attached hydrogens (tertiary/aromatic N) is 6. The number of hydrogen-bond donors (Lipinski definition) is 0. The first kappa shape index (κ1) is 48.4. The number of nitriles is 1. The third-order valence-corrected chi connectivity index (χ3v) is 18.0. The normalized spacial score (nSPS) is 11.9. The third kappa shape index (κ3) is 6.97. The largest absolute Gasteiger partial charge is 0.456 e. The molecule has 0 amide bonds. The van der Waals surface area contributed by atoms with Crippen LogP contribution in [0.25, 0.3) is 170 Å². The highest BCUT2D eigenvalue weighted by atomic mass is 16.3. The Morgan fingerprint density at radius 2 is 0.621 bits per heavy atom. The molecule has 7 heteroatoms. The van der Waals surface area contributed by atoms with E-state index in [1.165, 1.54) is 0 Å². The molecule has 0 saturated heterocycles. The van der Waals surface area contributed by atoms with E-state index in [2.05, 4.69) is 285 Å². The molecule has 0 saturated carbocycles. The van der Waals surface area contributed by atoms with E-state index in [1.54, 1.807) is 0 Å². The van der Waals surface area contributed by atoms with E-state index >= 15 is 0 Å². The van der Waals surface area contributed by atoms with E-state index < -0.39 is 0 Å². The number of aromatic nitrogens is 4. The molecule has 87 heavy (non-hydrogen) atoms. The molecule has 0 spiro atoms. The number of rotatable bonds is 7. The molecule has 5 aromatic heterocycles. The van der Waals surface area contributed by atoms with Crippen molar-refractivity contribution in [3.8, 4) is 62.2 Å². The average Bonchev–Trinajstić information content (AvgIpc) is 1.63. The van der Waals surface area contributed by atoms with Crippen molar-refractivity contribution in [2.75, 3.05) is 0 Å². The Labute approximate surface area is 498 Å². The van der Waals surface area contributed by atoms with Crippen molar-refractivity contribution in [2.45, 2.75) is 0 Å². The average molecular weight is 1110 g/mol. The van der Waals surface area contributed by atoms with Crippen LogP contribution in [-0.2, 0) is 0 Å². The van der Waals surface area contributed by atoms with Gasteiger partial charge in [0, 0.05) is 59.9 Å². The van der Waals surface area contributed by atoms with Crippen molar-refractivity contribution < 1.29 is 4.42 Å². The molecular weight excluding hydrogens is 1060 g/mol. The van der Waals surface area contributed by atoms with Gasteiger partial charge >= 0.3 is 0 Å². The van der Waals surface area contributed by atoms with Gasteiger partial charge in [-0.05, 0) is 106 Å². The maximum atomic E-state index is 12.6. The number of benzene rings is 13. The van der Waals surface area contributed by atoms with Crippen LogP contribution >= 0.6 is 0 Å². The molecule has 5 heterocycles. The molecule has 0 radical (unpaired) electrons. The first-order valence-electron chi connectivity index (χ1n) is 29.2. The van der Waals surface area contributed by atoms with E-state index in [0.717, 1.165) is 154 Å². The quantitative estimate of drug-likeness (QED) is 0.149. The second-order valence-electron chi connectivity index (χ2n) is 22.5. The minimum Gasteiger partial charge on any atom is -0.456 e. The smallest absolute Gasteiger partial charge is 0.232 e. The van der Waals surface area contributed by atoms with Gasteiger partial charge in [-0.3, -0.25) is 0 Å². The van der Waals surface area contributed by atoms with E-state index in [0.29, 0.717) is 11.4 Å². The van der Waals surface area contributed by atoms with Gasteiger partial charge in [-0.15, -0.1) is 0 Å². The summed E-state index contributed by atoms with van der Waals surface area (Å²) in [7, 11) is 0. The highest BCUT2D eigenvalue weighted by molar-refractivity contribution is 6.20. The van der Waals surface area contributed by atoms with Crippen molar-refractivity contribution in [3.63, 3.8) is 0 Å². The number of furan rings is 1. The summed E-state index contributed by atoms with van der Waals surface area (Å²) in [5.74, 6) is 0. The van der Waals surface area contributed by atoms with Gasteiger partial charge in [0.1, 0.15) is 11.2 Å². The molecule has 7 nitrogen and oxygen atoms in total. The van der Waals surface area contributed by atoms with E-state index in [1.807, 2.05) is 18.2 Å². The van der Waals surface area contributed by atoms with Crippen LogP contribution in [0.1, 0.15) is 5.56 Å². The van der Waals surface area contributed by atoms with Crippen LogP contribution in [-0.4, -0.2) is 18.3 Å². The standard InChI is InChI=1S/C80H46N6O/c1-82-76-65(48-81)77(86-69-35-19-14-30-58(69)63-46-64-59-31-15-20-36-74(59)87-75(64)47-73(63)86)79(84-67-33-17-12-28-56(67)61-44-53(38-41-71(61)84)50-23-7-3-8-24-50)80(85-68-34-18-13-29-57(68)62-45-54(39-42-72(62)85)51-25-9-4-10-26-51)78(76)83-66-32-16-11-27-55(66)60-43-52(37-40-70(60)83)49-21-5-2-6-22-49/h2-47H. The van der Waals surface area contributed by atoms with Gasteiger partial charge < -0.3 is 22.7 Å². The van der Waals surface area contributed by atoms with Crippen LogP contribution in [0.3, 0.4) is 0 Å². The molecule has 0 aliphatic carbocycles. The van der Waals surface area contributed by atoms with E-state index in [4.69, 9.17) is 9.26 Å². The highest BCUT2D eigenvalue weighted by Gasteiger charge is 2.35. The van der Waals surface area contributed by atoms with Gasteiger partial charge in [0.15, 0.2) is 0 Å². The van der Waals surface area contributed by atoms with Crippen LogP contribution in [0.4, 0.5) is 5.69 Å². The van der Waals surface area contributed by atoms with Crippen molar-refractivity contribution in [1.82, 2.24) is 18.3 Å². The first-order chi connectivity index (χ1) is 43.1. The summed E-state index contributed by atoms with van der Waals surface area (Å²) in [5.41, 5.74) is 18.4. The van der Waals surface area contributed by atoms with Crippen LogP contribution in [0.5, 0.6) is 0 Å². The fraction of sp³-hybridized carbons (Fsp3) is 0. The molecule has 0 N–H and O–H groups in total. The number of fused-ring (bicyclic) bond motifs is 15. The minimum absolute atomic E-state index is 0.218. The van der Waals surface area contributed by atoms with Gasteiger partial charge in [0.2, 0.25) is 5.69 Å². The monoisotopic (exact) mass is 1110 g/mol. The molecule has 18 aromatic rings. The summed E-state index contributed by atoms with van der Waals surface area (Å²) in [6.45, 7) is 9.82. The predicted octanol–water partition coefficient (Wildman–Crippen LogP) is 21.4. The van der Waals surface area contributed by atoms with Crippen LogP contribution in [0, 0.1) is 17.9 Å². The Balaban J connectivity index is 1.11. The SMILES string of the molecule is [C-]#[N+]c1c(C#N)c(-n2c3ccccc3c3cc4c(cc32)oc2ccccc24)c(-n2c3ccccc3c3cc(-c4ccccc4)ccc32)c(-n2c3ccccc3c3cc(-c4ccccc4)ccc32)c1-n1c2ccccc2c2cc(-c3ccccc3)ccc21. The Morgan fingerprint density at radius 3 is 1.05 bits per heavy atom. The molecule has 0 fully saturated rings. The fourth-order valence-corrected chi connectivity index (χ4v) is 14.3. The second-order valence-corrected chi connectivity index (χ2v) is 22.5. The maximum absolute atomic E-state index is 12.6. The van der Waals surface area contributed by atoms with Crippen LogP contribution in [0.2, 0.25) is 0 Å². The zero-order valence-corrected chi connectivity index (χ0v) is 46.6. The van der Waals surface area contributed by atoms with Gasteiger partial charge in [-0.2, -0.15) is 5.26 Å². The van der Waals surface area contributed by atoms with E-state index in [9.17, 15) is 11.8 Å². The number of para-hydroxylation sites is 5. The van der Waals surface area contributed by atoms with Crippen molar-refractivity contribution >= 4 is 115 Å². The summed E-state index contributed by atoms with van der Waals surface area (Å²) in [6.07, 6.45) is 0. The van der Waals surface area contributed by atoms with Crippen molar-refractivity contribution in [3.05, 3.63) is 296 Å². The summed E-state index contributed by atoms with van der Waals surface area (Å²) >= 11 is 0. The van der Waals surface area contributed by atoms with Gasteiger partial charge in [-0.25, -0.2) is 4.85 Å². The molecule has 0 aliphatic rings. The highest BCUT2D eigenvalue weighted by Crippen LogP contribution is 2.53. The second kappa shape index (κ2) is 18.7. The van der Waals surface area contributed by atoms with E-state index in [-0.39, 0.29) is 11.3 Å². The Kier molecular flexibility index (Phi) is 10.4. The summed E-state index contributed by atoms with van der Waals surface area (Å²) in [5, 5.41) is 22.9. The van der Waals surface area contributed by atoms with Gasteiger partial charge in [0.25, 0.3) is 0 Å². The fourth-order valence-electron chi connectivity index (χ4n) is 14.3. The van der Waals surface area contributed by atoms with Crippen LogP contribution < -0.4 is 0 Å². The lowest BCUT2D eigenvalue weighted by Gasteiger charge is -2.28. The molecule has 13 aromatic carbocycles. The maximum Gasteiger partial charge on any atom is 0.232 e. The Hall–Kier alpha value is -12.2. The summed E-state index contributed by atoms with van der Waals surface area (Å²) in [4.78, 5) is 4.71. The van der Waals surface area contributed by atoms with Gasteiger partial charge in [-0.1, -0.05) is 200 Å². The molecule has 0 atom stereocenters. The van der Waals surface area contributed by atoms with Crippen molar-refractivity contribution in [1.29, 1.82) is 5.26 Å².